The van der Waals surface area contributed by atoms with Crippen LogP contribution in [0.4, 0.5) is 10.1 Å². The van der Waals surface area contributed by atoms with E-state index in [2.05, 4.69) is 17.1 Å². The fourth-order valence-corrected chi connectivity index (χ4v) is 2.76. The van der Waals surface area contributed by atoms with Crippen LogP contribution < -0.4 is 10.2 Å². The predicted octanol–water partition coefficient (Wildman–Crippen LogP) is 2.53. The van der Waals surface area contributed by atoms with Gasteiger partial charge >= 0.3 is 0 Å². The van der Waals surface area contributed by atoms with Crippen molar-refractivity contribution in [3.8, 4) is 0 Å². The van der Waals surface area contributed by atoms with Crippen molar-refractivity contribution < 1.29 is 9.50 Å². The van der Waals surface area contributed by atoms with Crippen LogP contribution in [0.2, 0.25) is 0 Å². The topological polar surface area (TPSA) is 35.5 Å². The van der Waals surface area contributed by atoms with E-state index in [4.69, 9.17) is 0 Å². The summed E-state index contributed by atoms with van der Waals surface area (Å²) < 4.78 is 14.1. The van der Waals surface area contributed by atoms with Gasteiger partial charge in [0.1, 0.15) is 5.82 Å². The lowest BCUT2D eigenvalue weighted by atomic mass is 9.95. The van der Waals surface area contributed by atoms with E-state index in [0.29, 0.717) is 6.54 Å². The Kier molecular flexibility index (Phi) is 5.38. The fraction of sp³-hybridized carbons (Fsp3) is 0.625. The maximum Gasteiger partial charge on any atom is 0.129 e. The molecular weight excluding hydrogens is 255 g/mol. The quantitative estimate of drug-likeness (QED) is 0.814. The van der Waals surface area contributed by atoms with Gasteiger partial charge in [-0.1, -0.05) is 19.9 Å². The van der Waals surface area contributed by atoms with Crippen molar-refractivity contribution in [1.82, 2.24) is 5.32 Å². The highest BCUT2D eigenvalue weighted by molar-refractivity contribution is 5.54. The van der Waals surface area contributed by atoms with Crippen LogP contribution in [0.25, 0.3) is 0 Å². The number of aliphatic hydroxyl groups is 1. The molecule has 0 spiro atoms. The van der Waals surface area contributed by atoms with Crippen molar-refractivity contribution >= 4 is 5.69 Å². The molecule has 1 fully saturated rings. The van der Waals surface area contributed by atoms with Crippen LogP contribution in [0.3, 0.4) is 0 Å². The van der Waals surface area contributed by atoms with Gasteiger partial charge in [0.25, 0.3) is 0 Å². The Bertz CT molecular complexity index is 438. The zero-order valence-corrected chi connectivity index (χ0v) is 12.4. The Morgan fingerprint density at radius 1 is 1.45 bits per heavy atom. The number of hydrogen-bond donors (Lipinski definition) is 2. The molecule has 1 aliphatic rings. The molecule has 0 bridgehead atoms. The van der Waals surface area contributed by atoms with Crippen molar-refractivity contribution in [3.05, 3.63) is 29.6 Å². The number of nitrogens with zero attached hydrogens (tertiary/aromatic N) is 1. The molecule has 1 aromatic rings. The highest BCUT2D eigenvalue weighted by Gasteiger charge is 2.26. The summed E-state index contributed by atoms with van der Waals surface area (Å²) in [7, 11) is 0. The van der Waals surface area contributed by atoms with E-state index in [1.165, 1.54) is 6.07 Å². The van der Waals surface area contributed by atoms with Crippen molar-refractivity contribution in [2.75, 3.05) is 24.5 Å². The second-order valence-corrected chi connectivity index (χ2v) is 5.69. The van der Waals surface area contributed by atoms with Crippen LogP contribution in [-0.2, 0) is 6.54 Å². The van der Waals surface area contributed by atoms with E-state index >= 15 is 0 Å². The number of benzene rings is 1. The van der Waals surface area contributed by atoms with Crippen molar-refractivity contribution in [3.63, 3.8) is 0 Å². The van der Waals surface area contributed by atoms with Crippen LogP contribution in [0.15, 0.2) is 18.2 Å². The largest absolute Gasteiger partial charge is 0.393 e. The fourth-order valence-electron chi connectivity index (χ4n) is 2.76. The van der Waals surface area contributed by atoms with Gasteiger partial charge in [-0.15, -0.1) is 0 Å². The highest BCUT2D eigenvalue weighted by Crippen LogP contribution is 2.28. The predicted molar refractivity (Wildman–Crippen MR) is 80.4 cm³/mol. The Morgan fingerprint density at radius 3 is 2.95 bits per heavy atom. The molecule has 1 saturated heterocycles. The van der Waals surface area contributed by atoms with E-state index in [1.807, 2.05) is 13.0 Å². The van der Waals surface area contributed by atoms with Crippen molar-refractivity contribution in [2.24, 2.45) is 5.92 Å². The smallest absolute Gasteiger partial charge is 0.129 e. The molecule has 0 saturated carbocycles. The maximum atomic E-state index is 14.1. The van der Waals surface area contributed by atoms with Gasteiger partial charge in [-0.25, -0.2) is 4.39 Å². The second kappa shape index (κ2) is 7.04. The summed E-state index contributed by atoms with van der Waals surface area (Å²) in [5.74, 6) is 0.0772. The van der Waals surface area contributed by atoms with Gasteiger partial charge in [0.15, 0.2) is 0 Å². The summed E-state index contributed by atoms with van der Waals surface area (Å²) in [5, 5.41) is 13.1. The molecule has 2 unspecified atom stereocenters. The van der Waals surface area contributed by atoms with Crippen LogP contribution in [0.5, 0.6) is 0 Å². The summed E-state index contributed by atoms with van der Waals surface area (Å²) in [6.45, 7) is 7.17. The first-order valence-corrected chi connectivity index (χ1v) is 7.54. The van der Waals surface area contributed by atoms with Gasteiger partial charge < -0.3 is 15.3 Å². The Morgan fingerprint density at radius 2 is 2.25 bits per heavy atom. The third kappa shape index (κ3) is 3.49. The summed E-state index contributed by atoms with van der Waals surface area (Å²) in [5.41, 5.74) is 1.71. The first-order valence-electron chi connectivity index (χ1n) is 7.54. The number of rotatable bonds is 5. The first-order chi connectivity index (χ1) is 9.63. The number of nitrogens with one attached hydrogen (secondary N) is 1. The average molecular weight is 280 g/mol. The molecule has 1 aliphatic heterocycles. The Labute approximate surface area is 120 Å². The number of halogens is 1. The number of anilines is 1. The SMILES string of the molecule is CCCNCc1c(F)cccc1N1CCC(O)C(C)C1. The zero-order chi connectivity index (χ0) is 14.5. The number of hydrogen-bond acceptors (Lipinski definition) is 3. The molecule has 0 aromatic heterocycles. The first kappa shape index (κ1) is 15.3. The minimum Gasteiger partial charge on any atom is -0.393 e. The Balaban J connectivity index is 2.16. The zero-order valence-electron chi connectivity index (χ0n) is 12.4. The minimum absolute atomic E-state index is 0.148. The van der Waals surface area contributed by atoms with E-state index in [-0.39, 0.29) is 17.8 Å². The van der Waals surface area contributed by atoms with Gasteiger partial charge in [0.2, 0.25) is 0 Å². The molecule has 3 nitrogen and oxygen atoms in total. The number of piperidine rings is 1. The van der Waals surface area contributed by atoms with E-state index < -0.39 is 0 Å². The molecule has 0 aliphatic carbocycles. The van der Waals surface area contributed by atoms with E-state index in [0.717, 1.165) is 43.7 Å². The summed E-state index contributed by atoms with van der Waals surface area (Å²) in [4.78, 5) is 2.20. The summed E-state index contributed by atoms with van der Waals surface area (Å²) in [6, 6.07) is 5.27. The van der Waals surface area contributed by atoms with Crippen LogP contribution in [-0.4, -0.2) is 30.8 Å². The van der Waals surface area contributed by atoms with Gasteiger partial charge in [0.05, 0.1) is 6.10 Å². The molecule has 1 aromatic carbocycles. The van der Waals surface area contributed by atoms with Gasteiger partial charge in [-0.3, -0.25) is 0 Å². The lowest BCUT2D eigenvalue weighted by Gasteiger charge is -2.37. The maximum absolute atomic E-state index is 14.1. The second-order valence-electron chi connectivity index (χ2n) is 5.69. The standard InChI is InChI=1S/C16H25FN2O/c1-3-8-18-10-13-14(17)5-4-6-15(13)19-9-7-16(20)12(2)11-19/h4-6,12,16,18,20H,3,7-11H2,1-2H3. The molecular formula is C16H25FN2O. The number of aliphatic hydroxyl groups excluding tert-OH is 1. The molecule has 4 heteroatoms. The molecule has 2 rings (SSSR count). The molecule has 20 heavy (non-hydrogen) atoms. The molecule has 2 N–H and O–H groups in total. The van der Waals surface area contributed by atoms with Crippen LogP contribution in [0.1, 0.15) is 32.3 Å². The lowest BCUT2D eigenvalue weighted by Crippen LogP contribution is -2.42. The normalized spacial score (nSPS) is 23.1. The summed E-state index contributed by atoms with van der Waals surface area (Å²) >= 11 is 0. The van der Waals surface area contributed by atoms with Crippen molar-refractivity contribution in [2.45, 2.75) is 39.3 Å². The lowest BCUT2D eigenvalue weighted by molar-refractivity contribution is 0.0970. The minimum atomic E-state index is -0.235. The van der Waals surface area contributed by atoms with Gasteiger partial charge in [0, 0.05) is 30.9 Å². The van der Waals surface area contributed by atoms with Crippen LogP contribution in [0, 0.1) is 11.7 Å². The molecule has 1 heterocycles. The van der Waals surface area contributed by atoms with Gasteiger partial charge in [-0.2, -0.15) is 0 Å². The Hall–Kier alpha value is -1.13. The third-order valence-corrected chi connectivity index (χ3v) is 4.02. The van der Waals surface area contributed by atoms with Crippen LogP contribution >= 0.6 is 0 Å². The molecule has 2 atom stereocenters. The molecule has 0 radical (unpaired) electrons. The highest BCUT2D eigenvalue weighted by atomic mass is 19.1. The monoisotopic (exact) mass is 280 g/mol. The summed E-state index contributed by atoms with van der Waals surface area (Å²) in [6.07, 6.45) is 1.55. The van der Waals surface area contributed by atoms with E-state index in [1.54, 1.807) is 6.07 Å². The average Bonchev–Trinajstić information content (AvgIpc) is 2.44. The molecule has 112 valence electrons. The third-order valence-electron chi connectivity index (χ3n) is 4.02. The van der Waals surface area contributed by atoms with E-state index in [9.17, 15) is 9.50 Å². The molecule has 0 amide bonds. The van der Waals surface area contributed by atoms with Gasteiger partial charge in [-0.05, 0) is 37.4 Å². The van der Waals surface area contributed by atoms with Crippen molar-refractivity contribution in [1.29, 1.82) is 0 Å².